The zero-order chi connectivity index (χ0) is 19.6. The fourth-order valence-electron chi connectivity index (χ4n) is 2.76. The van der Waals surface area contributed by atoms with E-state index in [0.29, 0.717) is 16.8 Å². The number of thiophene rings is 1. The molecule has 1 N–H and O–H groups in total. The van der Waals surface area contributed by atoms with Gasteiger partial charge < -0.3 is 10.2 Å². The van der Waals surface area contributed by atoms with Crippen molar-refractivity contribution in [3.63, 3.8) is 0 Å². The molecule has 4 nitrogen and oxygen atoms in total. The van der Waals surface area contributed by atoms with Crippen LogP contribution in [0.1, 0.15) is 22.7 Å². The number of halogens is 3. The topological polar surface area (TPSA) is 41.0 Å². The van der Waals surface area contributed by atoms with Gasteiger partial charge in [0.15, 0.2) is 0 Å². The Morgan fingerprint density at radius 3 is 2.44 bits per heavy atom. The van der Waals surface area contributed by atoms with Gasteiger partial charge in [0.1, 0.15) is 10.6 Å². The maximum absolute atomic E-state index is 13.1. The van der Waals surface area contributed by atoms with Gasteiger partial charge in [-0.15, -0.1) is 11.3 Å². The van der Waals surface area contributed by atoms with Crippen molar-refractivity contribution in [2.45, 2.75) is 25.9 Å². The van der Waals surface area contributed by atoms with E-state index < -0.39 is 12.0 Å². The third kappa shape index (κ3) is 4.68. The molecule has 2 aromatic heterocycles. The summed E-state index contributed by atoms with van der Waals surface area (Å²) in [7, 11) is 3.98. The molecule has 0 saturated carbocycles. The van der Waals surface area contributed by atoms with Crippen molar-refractivity contribution in [3.8, 4) is 0 Å². The van der Waals surface area contributed by atoms with Crippen molar-refractivity contribution in [3.05, 3.63) is 46.6 Å². The van der Waals surface area contributed by atoms with E-state index in [1.54, 1.807) is 0 Å². The van der Waals surface area contributed by atoms with Crippen molar-refractivity contribution in [1.82, 2.24) is 9.97 Å². The van der Waals surface area contributed by atoms with E-state index in [-0.39, 0.29) is 5.82 Å². The Kier molecular flexibility index (Phi) is 5.55. The molecule has 0 fully saturated rings. The Morgan fingerprint density at radius 2 is 1.81 bits per heavy atom. The minimum atomic E-state index is -4.56. The van der Waals surface area contributed by atoms with E-state index in [1.165, 1.54) is 16.9 Å². The van der Waals surface area contributed by atoms with Crippen LogP contribution in [0.3, 0.4) is 0 Å². The zero-order valence-corrected chi connectivity index (χ0v) is 16.2. The number of hydrogen-bond acceptors (Lipinski definition) is 5. The number of nitrogens with zero attached hydrogens (tertiary/aromatic N) is 3. The fourth-order valence-corrected chi connectivity index (χ4v) is 3.64. The molecule has 0 spiro atoms. The minimum absolute atomic E-state index is 0.250. The standard InChI is InChI=1S/C19H21F3N4S/c1-12-11-15-16(24-18(19(20,21)22)25-17(15)27-12)23-10-4-5-13-6-8-14(9-7-13)26(2)3/h6-9,11H,4-5,10H2,1-3H3,(H,23,24,25). The molecule has 0 amide bonds. The average molecular weight is 394 g/mol. The van der Waals surface area contributed by atoms with E-state index in [2.05, 4.69) is 39.6 Å². The molecule has 27 heavy (non-hydrogen) atoms. The molecule has 0 aliphatic carbocycles. The summed E-state index contributed by atoms with van der Waals surface area (Å²) in [6, 6.07) is 10.1. The molecular formula is C19H21F3N4S. The molecule has 0 aliphatic heterocycles. The van der Waals surface area contributed by atoms with Gasteiger partial charge in [0.05, 0.1) is 5.39 Å². The van der Waals surface area contributed by atoms with Crippen LogP contribution >= 0.6 is 11.3 Å². The van der Waals surface area contributed by atoms with Crippen LogP contribution in [0.25, 0.3) is 10.2 Å². The van der Waals surface area contributed by atoms with Gasteiger partial charge in [-0.3, -0.25) is 0 Å². The summed E-state index contributed by atoms with van der Waals surface area (Å²) in [5.74, 6) is -0.849. The van der Waals surface area contributed by atoms with Crippen LogP contribution in [-0.2, 0) is 12.6 Å². The molecule has 144 valence electrons. The lowest BCUT2D eigenvalue weighted by molar-refractivity contribution is -0.144. The van der Waals surface area contributed by atoms with E-state index in [9.17, 15) is 13.2 Å². The molecule has 1 aromatic carbocycles. The monoisotopic (exact) mass is 394 g/mol. The van der Waals surface area contributed by atoms with Gasteiger partial charge in [0.2, 0.25) is 5.82 Å². The van der Waals surface area contributed by atoms with E-state index in [1.807, 2.05) is 32.0 Å². The van der Waals surface area contributed by atoms with Crippen LogP contribution in [0.2, 0.25) is 0 Å². The summed E-state index contributed by atoms with van der Waals surface area (Å²) in [6.45, 7) is 2.38. The highest BCUT2D eigenvalue weighted by Gasteiger charge is 2.35. The summed E-state index contributed by atoms with van der Waals surface area (Å²) < 4.78 is 39.2. The summed E-state index contributed by atoms with van der Waals surface area (Å²) in [5.41, 5.74) is 2.32. The van der Waals surface area contributed by atoms with Crippen LogP contribution in [-0.4, -0.2) is 30.6 Å². The number of alkyl halides is 3. The highest BCUT2D eigenvalue weighted by atomic mass is 32.1. The lowest BCUT2D eigenvalue weighted by Crippen LogP contribution is -2.14. The summed E-state index contributed by atoms with van der Waals surface area (Å²) in [6.07, 6.45) is -2.93. The van der Waals surface area contributed by atoms with E-state index in [4.69, 9.17) is 0 Å². The first-order chi connectivity index (χ1) is 12.7. The molecule has 0 saturated heterocycles. The third-order valence-electron chi connectivity index (χ3n) is 4.16. The van der Waals surface area contributed by atoms with Crippen LogP contribution in [0.15, 0.2) is 30.3 Å². The molecule has 0 bridgehead atoms. The Bertz CT molecular complexity index is 917. The maximum atomic E-state index is 13.1. The van der Waals surface area contributed by atoms with E-state index >= 15 is 0 Å². The molecule has 3 aromatic rings. The Hall–Kier alpha value is -2.35. The molecule has 0 atom stereocenters. The lowest BCUT2D eigenvalue weighted by atomic mass is 10.1. The number of nitrogens with one attached hydrogen (secondary N) is 1. The van der Waals surface area contributed by atoms with Crippen LogP contribution in [0, 0.1) is 6.92 Å². The first-order valence-electron chi connectivity index (χ1n) is 8.59. The first-order valence-corrected chi connectivity index (χ1v) is 9.41. The predicted octanol–water partition coefficient (Wildman–Crippen LogP) is 5.13. The quantitative estimate of drug-likeness (QED) is 0.589. The number of fused-ring (bicyclic) bond motifs is 1. The number of anilines is 2. The Labute approximate surface area is 160 Å². The summed E-state index contributed by atoms with van der Waals surface area (Å²) in [5, 5.41) is 3.70. The number of rotatable bonds is 6. The molecule has 0 unspecified atom stereocenters. The van der Waals surface area contributed by atoms with Crippen LogP contribution in [0.4, 0.5) is 24.7 Å². The second-order valence-electron chi connectivity index (χ2n) is 6.56. The van der Waals surface area contributed by atoms with Crippen molar-refractivity contribution >= 4 is 33.1 Å². The van der Waals surface area contributed by atoms with Gasteiger partial charge in [-0.25, -0.2) is 9.97 Å². The number of aryl methyl sites for hydroxylation is 2. The Morgan fingerprint density at radius 1 is 1.11 bits per heavy atom. The maximum Gasteiger partial charge on any atom is 0.451 e. The number of aromatic nitrogens is 2. The van der Waals surface area contributed by atoms with Gasteiger partial charge in [-0.1, -0.05) is 12.1 Å². The molecular weight excluding hydrogens is 373 g/mol. The first kappa shape index (κ1) is 19.4. The van der Waals surface area contributed by atoms with E-state index in [0.717, 1.165) is 23.4 Å². The number of benzene rings is 1. The van der Waals surface area contributed by atoms with Crippen molar-refractivity contribution in [2.75, 3.05) is 30.9 Å². The van der Waals surface area contributed by atoms with Crippen molar-refractivity contribution in [1.29, 1.82) is 0 Å². The second-order valence-corrected chi connectivity index (χ2v) is 7.80. The van der Waals surface area contributed by atoms with Crippen LogP contribution in [0.5, 0.6) is 0 Å². The van der Waals surface area contributed by atoms with Crippen molar-refractivity contribution in [2.24, 2.45) is 0 Å². The normalized spacial score (nSPS) is 11.8. The zero-order valence-electron chi connectivity index (χ0n) is 15.4. The number of hydrogen-bond donors (Lipinski definition) is 1. The van der Waals surface area contributed by atoms with Gasteiger partial charge in [-0.2, -0.15) is 13.2 Å². The third-order valence-corrected chi connectivity index (χ3v) is 5.10. The fraction of sp³-hybridized carbons (Fsp3) is 0.368. The lowest BCUT2D eigenvalue weighted by Gasteiger charge is -2.13. The molecule has 8 heteroatoms. The second kappa shape index (κ2) is 7.72. The van der Waals surface area contributed by atoms with Crippen molar-refractivity contribution < 1.29 is 13.2 Å². The summed E-state index contributed by atoms with van der Waals surface area (Å²) in [4.78, 5) is 10.7. The van der Waals surface area contributed by atoms with Crippen LogP contribution < -0.4 is 10.2 Å². The smallest absolute Gasteiger partial charge is 0.378 e. The van der Waals surface area contributed by atoms with Gasteiger partial charge in [0, 0.05) is 31.2 Å². The molecule has 0 aliphatic rings. The predicted molar refractivity (Wildman–Crippen MR) is 105 cm³/mol. The largest absolute Gasteiger partial charge is 0.451 e. The Balaban J connectivity index is 1.67. The minimum Gasteiger partial charge on any atom is -0.378 e. The van der Waals surface area contributed by atoms with Gasteiger partial charge in [-0.05, 0) is 43.5 Å². The highest BCUT2D eigenvalue weighted by Crippen LogP contribution is 2.33. The SMILES string of the molecule is Cc1cc2c(NCCCc3ccc(N(C)C)cc3)nc(C(F)(F)F)nc2s1. The molecule has 3 rings (SSSR count). The average Bonchev–Trinajstić information content (AvgIpc) is 2.98. The summed E-state index contributed by atoms with van der Waals surface area (Å²) >= 11 is 1.24. The van der Waals surface area contributed by atoms with Gasteiger partial charge >= 0.3 is 6.18 Å². The molecule has 0 radical (unpaired) electrons. The molecule has 2 heterocycles. The van der Waals surface area contributed by atoms with Gasteiger partial charge in [0.25, 0.3) is 0 Å². The highest BCUT2D eigenvalue weighted by molar-refractivity contribution is 7.18.